The van der Waals surface area contributed by atoms with Gasteiger partial charge in [-0.2, -0.15) is 10.4 Å². The van der Waals surface area contributed by atoms with Gasteiger partial charge in [0.2, 0.25) is 0 Å². The predicted octanol–water partition coefficient (Wildman–Crippen LogP) is 4.65. The van der Waals surface area contributed by atoms with E-state index in [1.807, 2.05) is 54.1 Å². The average molecular weight is 319 g/mol. The average Bonchev–Trinajstić information content (AvgIpc) is 2.90. The molecular weight excluding hydrogens is 302 g/mol. The van der Waals surface area contributed by atoms with Crippen molar-refractivity contribution in [3.8, 4) is 11.8 Å². The molecule has 0 spiro atoms. The van der Waals surface area contributed by atoms with Gasteiger partial charge in [0.15, 0.2) is 0 Å². The van der Waals surface area contributed by atoms with E-state index in [-0.39, 0.29) is 0 Å². The van der Waals surface area contributed by atoms with Crippen LogP contribution < -0.4 is 0 Å². The number of para-hydroxylation sites is 1. The smallest absolute Gasteiger partial charge is 0.103 e. The number of hydrogen-bond donors (Lipinski definition) is 0. The molecule has 0 atom stereocenters. The Morgan fingerprint density at radius 1 is 1.04 bits per heavy atom. The minimum absolute atomic E-state index is 0.676. The Kier molecular flexibility index (Phi) is 4.50. The summed E-state index contributed by atoms with van der Waals surface area (Å²) in [6, 6.07) is 20.6. The van der Waals surface area contributed by atoms with Gasteiger partial charge in [-0.3, -0.25) is 0 Å². The van der Waals surface area contributed by atoms with Crippen molar-refractivity contribution in [2.24, 2.45) is 0 Å². The number of hydrogen-bond acceptors (Lipinski definition) is 3. The normalized spacial score (nSPS) is 10.5. The van der Waals surface area contributed by atoms with Gasteiger partial charge in [-0.05, 0) is 37.6 Å². The third-order valence-electron chi connectivity index (χ3n) is 3.73. The SMILES string of the molecule is Cc1ccccc1SCc1c(C#N)c(C)nn1-c1ccccc1. The van der Waals surface area contributed by atoms with Crippen LogP contribution in [0.5, 0.6) is 0 Å². The monoisotopic (exact) mass is 319 g/mol. The van der Waals surface area contributed by atoms with E-state index >= 15 is 0 Å². The fourth-order valence-corrected chi connectivity index (χ4v) is 3.53. The van der Waals surface area contributed by atoms with Crippen LogP contribution in [-0.2, 0) is 5.75 Å². The summed E-state index contributed by atoms with van der Waals surface area (Å²) in [5.41, 5.74) is 4.63. The van der Waals surface area contributed by atoms with Gasteiger partial charge in [-0.15, -0.1) is 11.8 Å². The fraction of sp³-hybridized carbons (Fsp3) is 0.158. The molecular formula is C19H17N3S. The molecule has 0 saturated carbocycles. The molecule has 4 heteroatoms. The van der Waals surface area contributed by atoms with E-state index in [1.54, 1.807) is 11.8 Å². The van der Waals surface area contributed by atoms with Gasteiger partial charge in [0.1, 0.15) is 6.07 Å². The first-order chi connectivity index (χ1) is 11.2. The van der Waals surface area contributed by atoms with Gasteiger partial charge in [0.05, 0.1) is 22.6 Å². The number of aryl methyl sites for hydroxylation is 2. The second-order valence-corrected chi connectivity index (χ2v) is 6.34. The van der Waals surface area contributed by atoms with Gasteiger partial charge in [0, 0.05) is 10.6 Å². The van der Waals surface area contributed by atoms with Crippen LogP contribution in [0.2, 0.25) is 0 Å². The Balaban J connectivity index is 1.98. The molecule has 0 bridgehead atoms. The number of aromatic nitrogens is 2. The Hall–Kier alpha value is -2.51. The molecule has 3 rings (SSSR count). The third-order valence-corrected chi connectivity index (χ3v) is 4.91. The van der Waals surface area contributed by atoms with Crippen LogP contribution in [0.15, 0.2) is 59.5 Å². The second-order valence-electron chi connectivity index (χ2n) is 5.32. The quantitative estimate of drug-likeness (QED) is 0.657. The Morgan fingerprint density at radius 3 is 2.43 bits per heavy atom. The lowest BCUT2D eigenvalue weighted by atomic mass is 10.2. The van der Waals surface area contributed by atoms with Gasteiger partial charge in [0.25, 0.3) is 0 Å². The summed E-state index contributed by atoms with van der Waals surface area (Å²) in [7, 11) is 0. The van der Waals surface area contributed by atoms with Gasteiger partial charge in [-0.25, -0.2) is 4.68 Å². The lowest BCUT2D eigenvalue weighted by Crippen LogP contribution is -2.02. The molecule has 0 N–H and O–H groups in total. The van der Waals surface area contributed by atoms with E-state index in [0.717, 1.165) is 17.1 Å². The molecule has 0 aliphatic carbocycles. The third kappa shape index (κ3) is 3.15. The van der Waals surface area contributed by atoms with Crippen molar-refractivity contribution < 1.29 is 0 Å². The molecule has 0 amide bonds. The number of benzene rings is 2. The predicted molar refractivity (Wildman–Crippen MR) is 93.8 cm³/mol. The topological polar surface area (TPSA) is 41.6 Å². The molecule has 114 valence electrons. The summed E-state index contributed by atoms with van der Waals surface area (Å²) in [5, 5.41) is 14.1. The zero-order valence-corrected chi connectivity index (χ0v) is 14.0. The molecule has 0 saturated heterocycles. The lowest BCUT2D eigenvalue weighted by molar-refractivity contribution is 0.828. The maximum atomic E-state index is 9.50. The van der Waals surface area contributed by atoms with E-state index in [2.05, 4.69) is 30.2 Å². The highest BCUT2D eigenvalue weighted by Gasteiger charge is 2.16. The maximum Gasteiger partial charge on any atom is 0.103 e. The number of nitrogens with zero attached hydrogens (tertiary/aromatic N) is 3. The van der Waals surface area contributed by atoms with E-state index in [1.165, 1.54) is 10.5 Å². The van der Waals surface area contributed by atoms with E-state index in [0.29, 0.717) is 11.3 Å². The Bertz CT molecular complexity index is 860. The van der Waals surface area contributed by atoms with Crippen molar-refractivity contribution in [3.05, 3.63) is 77.1 Å². The number of rotatable bonds is 4. The molecule has 23 heavy (non-hydrogen) atoms. The molecule has 2 aromatic carbocycles. The number of thioether (sulfide) groups is 1. The molecule has 1 aromatic heterocycles. The highest BCUT2D eigenvalue weighted by atomic mass is 32.2. The van der Waals surface area contributed by atoms with Crippen molar-refractivity contribution in [3.63, 3.8) is 0 Å². The Labute approximate surface area is 140 Å². The van der Waals surface area contributed by atoms with Crippen LogP contribution in [-0.4, -0.2) is 9.78 Å². The van der Waals surface area contributed by atoms with Gasteiger partial charge >= 0.3 is 0 Å². The summed E-state index contributed by atoms with van der Waals surface area (Å²) in [4.78, 5) is 1.23. The first-order valence-electron chi connectivity index (χ1n) is 7.43. The second kappa shape index (κ2) is 6.72. The Morgan fingerprint density at radius 2 is 1.74 bits per heavy atom. The van der Waals surface area contributed by atoms with Crippen LogP contribution >= 0.6 is 11.8 Å². The minimum Gasteiger partial charge on any atom is -0.235 e. The van der Waals surface area contributed by atoms with Gasteiger partial charge in [-0.1, -0.05) is 36.4 Å². The summed E-state index contributed by atoms with van der Waals surface area (Å²) >= 11 is 1.74. The molecule has 0 aliphatic heterocycles. The molecule has 0 fully saturated rings. The van der Waals surface area contributed by atoms with Crippen LogP contribution in [0, 0.1) is 25.2 Å². The highest BCUT2D eigenvalue weighted by Crippen LogP contribution is 2.29. The zero-order valence-electron chi connectivity index (χ0n) is 13.2. The summed E-state index contributed by atoms with van der Waals surface area (Å²) < 4.78 is 1.89. The van der Waals surface area contributed by atoms with Crippen molar-refractivity contribution in [1.29, 1.82) is 5.26 Å². The van der Waals surface area contributed by atoms with E-state index in [4.69, 9.17) is 0 Å². The van der Waals surface area contributed by atoms with Crippen molar-refractivity contribution in [2.75, 3.05) is 0 Å². The highest BCUT2D eigenvalue weighted by molar-refractivity contribution is 7.98. The fourth-order valence-electron chi connectivity index (χ4n) is 2.50. The lowest BCUT2D eigenvalue weighted by Gasteiger charge is -2.09. The standard InChI is InChI=1S/C19H17N3S/c1-14-8-6-7-11-19(14)23-13-18-17(12-20)15(2)21-22(18)16-9-4-3-5-10-16/h3-11H,13H2,1-2H3. The zero-order chi connectivity index (χ0) is 16.2. The molecule has 0 aliphatic rings. The van der Waals surface area contributed by atoms with Gasteiger partial charge < -0.3 is 0 Å². The molecule has 3 aromatic rings. The summed E-state index contributed by atoms with van der Waals surface area (Å²) in [5.74, 6) is 0.712. The van der Waals surface area contributed by atoms with E-state index < -0.39 is 0 Å². The summed E-state index contributed by atoms with van der Waals surface area (Å²) in [6.07, 6.45) is 0. The molecule has 1 heterocycles. The van der Waals surface area contributed by atoms with Crippen LogP contribution in [0.3, 0.4) is 0 Å². The van der Waals surface area contributed by atoms with E-state index in [9.17, 15) is 5.26 Å². The van der Waals surface area contributed by atoms with Crippen LogP contribution in [0.1, 0.15) is 22.5 Å². The first-order valence-corrected chi connectivity index (χ1v) is 8.41. The molecule has 3 nitrogen and oxygen atoms in total. The van der Waals surface area contributed by atoms with Crippen molar-refractivity contribution in [2.45, 2.75) is 24.5 Å². The summed E-state index contributed by atoms with van der Waals surface area (Å²) in [6.45, 7) is 3.99. The number of nitriles is 1. The van der Waals surface area contributed by atoms with Crippen LogP contribution in [0.25, 0.3) is 5.69 Å². The maximum absolute atomic E-state index is 9.50. The largest absolute Gasteiger partial charge is 0.235 e. The van der Waals surface area contributed by atoms with Crippen molar-refractivity contribution >= 4 is 11.8 Å². The first kappa shape index (κ1) is 15.4. The molecule has 0 radical (unpaired) electrons. The van der Waals surface area contributed by atoms with Crippen molar-refractivity contribution in [1.82, 2.24) is 9.78 Å². The van der Waals surface area contributed by atoms with Crippen LogP contribution in [0.4, 0.5) is 0 Å². The molecule has 0 unspecified atom stereocenters. The minimum atomic E-state index is 0.676.